The Morgan fingerprint density at radius 2 is 0.969 bits per heavy atom. The Hall–Kier alpha value is -2.32. The van der Waals surface area contributed by atoms with Crippen molar-refractivity contribution in [3.8, 4) is 0 Å². The first-order valence-corrected chi connectivity index (χ1v) is 10.8. The van der Waals surface area contributed by atoms with Crippen LogP contribution in [0, 0.1) is 0 Å². The Morgan fingerprint density at radius 3 is 1.31 bits per heavy atom. The normalized spacial score (nSPS) is 27.7. The smallest absolute Gasteiger partial charge is 0.116 e. The summed E-state index contributed by atoms with van der Waals surface area (Å²) in [7, 11) is 0. The minimum absolute atomic E-state index is 0.198. The Balaban J connectivity index is 1.86. The molecule has 0 aromatic heterocycles. The molecule has 6 nitrogen and oxygen atoms in total. The molecule has 3 rings (SSSR count). The van der Waals surface area contributed by atoms with Crippen molar-refractivity contribution >= 4 is 0 Å². The molecule has 0 heterocycles. The van der Waals surface area contributed by atoms with Gasteiger partial charge in [-0.15, -0.1) is 13.2 Å². The summed E-state index contributed by atoms with van der Waals surface area (Å²) in [5.74, 6) is 0. The molecule has 172 valence electrons. The van der Waals surface area contributed by atoms with Crippen LogP contribution < -0.4 is 0 Å². The van der Waals surface area contributed by atoms with Crippen LogP contribution in [0.4, 0.5) is 0 Å². The van der Waals surface area contributed by atoms with E-state index >= 15 is 0 Å². The van der Waals surface area contributed by atoms with Crippen LogP contribution in [0.5, 0.6) is 0 Å². The van der Waals surface area contributed by atoms with Crippen LogP contribution in [0.2, 0.25) is 0 Å². The molecule has 0 saturated heterocycles. The first-order chi connectivity index (χ1) is 15.7. The topological polar surface area (TPSA) is 77.4 Å². The zero-order valence-corrected chi connectivity index (χ0v) is 18.2. The Labute approximate surface area is 189 Å². The molecule has 1 saturated carbocycles. The van der Waals surface area contributed by atoms with Gasteiger partial charge in [-0.1, -0.05) is 72.8 Å². The molecule has 0 spiro atoms. The van der Waals surface area contributed by atoms with Gasteiger partial charge in [0.25, 0.3) is 0 Å². The lowest BCUT2D eigenvalue weighted by Crippen LogP contribution is -2.66. The third kappa shape index (κ3) is 6.36. The van der Waals surface area contributed by atoms with Crippen molar-refractivity contribution < 1.29 is 29.2 Å². The molecule has 0 amide bonds. The molecular formula is C26H32O6. The zero-order chi connectivity index (χ0) is 22.8. The first kappa shape index (κ1) is 24.3. The number of rotatable bonds is 12. The summed E-state index contributed by atoms with van der Waals surface area (Å²) in [4.78, 5) is 0. The van der Waals surface area contributed by atoms with Gasteiger partial charge in [0, 0.05) is 0 Å². The van der Waals surface area contributed by atoms with Crippen LogP contribution >= 0.6 is 0 Å². The molecule has 0 aliphatic heterocycles. The Morgan fingerprint density at radius 1 is 0.594 bits per heavy atom. The van der Waals surface area contributed by atoms with Crippen LogP contribution in [0.1, 0.15) is 11.1 Å². The molecule has 1 fully saturated rings. The SMILES string of the molecule is C=CCO[C@@H]1[C@H](O)[C@H](O)[C@H](OCC=C)[C@H](OCc2ccccc2)[C@@H]1OCc1ccccc1. The van der Waals surface area contributed by atoms with E-state index in [1.807, 2.05) is 60.7 Å². The highest BCUT2D eigenvalue weighted by atomic mass is 16.6. The largest absolute Gasteiger partial charge is 0.387 e. The maximum absolute atomic E-state index is 10.9. The molecule has 0 bridgehead atoms. The summed E-state index contributed by atoms with van der Waals surface area (Å²) in [6, 6.07) is 19.4. The molecule has 2 N–H and O–H groups in total. The van der Waals surface area contributed by atoms with Crippen molar-refractivity contribution in [2.24, 2.45) is 0 Å². The van der Waals surface area contributed by atoms with Gasteiger partial charge in [-0.2, -0.15) is 0 Å². The number of ether oxygens (including phenoxy) is 4. The molecule has 6 atom stereocenters. The summed E-state index contributed by atoms with van der Waals surface area (Å²) >= 11 is 0. The lowest BCUT2D eigenvalue weighted by Gasteiger charge is -2.46. The fraction of sp³-hybridized carbons (Fsp3) is 0.385. The number of hydrogen-bond donors (Lipinski definition) is 2. The minimum atomic E-state index is -1.22. The summed E-state index contributed by atoms with van der Waals surface area (Å²) in [6.07, 6.45) is -2.28. The fourth-order valence-corrected chi connectivity index (χ4v) is 3.81. The average Bonchev–Trinajstić information content (AvgIpc) is 2.83. The Bertz CT molecular complexity index is 742. The quantitative estimate of drug-likeness (QED) is 0.494. The lowest BCUT2D eigenvalue weighted by molar-refractivity contribution is -0.266. The van der Waals surface area contributed by atoms with E-state index in [2.05, 4.69) is 13.2 Å². The number of benzene rings is 2. The monoisotopic (exact) mass is 440 g/mol. The van der Waals surface area contributed by atoms with Crippen LogP contribution in [0.25, 0.3) is 0 Å². The second kappa shape index (κ2) is 12.6. The third-order valence-electron chi connectivity index (χ3n) is 5.38. The van der Waals surface area contributed by atoms with E-state index in [4.69, 9.17) is 18.9 Å². The van der Waals surface area contributed by atoms with Gasteiger partial charge in [0.15, 0.2) is 0 Å². The van der Waals surface area contributed by atoms with Gasteiger partial charge >= 0.3 is 0 Å². The Kier molecular flexibility index (Phi) is 9.62. The van der Waals surface area contributed by atoms with Crippen LogP contribution in [0.3, 0.4) is 0 Å². The summed E-state index contributed by atoms with van der Waals surface area (Å²) in [5, 5.41) is 21.7. The van der Waals surface area contributed by atoms with Crippen LogP contribution in [-0.2, 0) is 32.2 Å². The standard InChI is InChI=1S/C26H32O6/c1-3-15-29-23-21(27)22(28)24(30-16-4-2)26(32-18-20-13-9-6-10-14-20)25(23)31-17-19-11-7-5-8-12-19/h3-14,21-28H,1-2,15-18H2/t21-,22+,23-,24+,25-,26+. The third-order valence-corrected chi connectivity index (χ3v) is 5.38. The molecule has 1 aliphatic rings. The van der Waals surface area contributed by atoms with E-state index in [-0.39, 0.29) is 13.2 Å². The number of hydrogen-bond acceptors (Lipinski definition) is 6. The maximum Gasteiger partial charge on any atom is 0.116 e. The van der Waals surface area contributed by atoms with Gasteiger partial charge in [0.05, 0.1) is 26.4 Å². The molecule has 1 aliphatic carbocycles. The minimum Gasteiger partial charge on any atom is -0.387 e. The second-order valence-corrected chi connectivity index (χ2v) is 7.68. The molecular weight excluding hydrogens is 408 g/mol. The summed E-state index contributed by atoms with van der Waals surface area (Å²) in [6.45, 7) is 8.34. The van der Waals surface area contributed by atoms with E-state index in [9.17, 15) is 10.2 Å². The fourth-order valence-electron chi connectivity index (χ4n) is 3.81. The van der Waals surface area contributed by atoms with Gasteiger partial charge in [-0.25, -0.2) is 0 Å². The van der Waals surface area contributed by atoms with Gasteiger partial charge in [0.2, 0.25) is 0 Å². The predicted molar refractivity (Wildman–Crippen MR) is 122 cm³/mol. The summed E-state index contributed by atoms with van der Waals surface area (Å²) < 4.78 is 24.2. The average molecular weight is 441 g/mol. The molecule has 32 heavy (non-hydrogen) atoms. The van der Waals surface area contributed by atoms with E-state index in [0.29, 0.717) is 13.2 Å². The predicted octanol–water partition coefficient (Wildman–Crippen LogP) is 3.04. The van der Waals surface area contributed by atoms with Gasteiger partial charge < -0.3 is 29.2 Å². The van der Waals surface area contributed by atoms with Crippen LogP contribution in [-0.4, -0.2) is 60.1 Å². The van der Waals surface area contributed by atoms with E-state index < -0.39 is 36.6 Å². The molecule has 2 aromatic carbocycles. The van der Waals surface area contributed by atoms with Crippen molar-refractivity contribution in [2.45, 2.75) is 49.8 Å². The zero-order valence-electron chi connectivity index (χ0n) is 18.2. The van der Waals surface area contributed by atoms with Crippen LogP contribution in [0.15, 0.2) is 86.0 Å². The van der Waals surface area contributed by atoms with Crippen molar-refractivity contribution in [3.05, 3.63) is 97.1 Å². The van der Waals surface area contributed by atoms with E-state index in [0.717, 1.165) is 11.1 Å². The van der Waals surface area contributed by atoms with Crippen molar-refractivity contribution in [1.29, 1.82) is 0 Å². The second-order valence-electron chi connectivity index (χ2n) is 7.68. The van der Waals surface area contributed by atoms with E-state index in [1.165, 1.54) is 0 Å². The number of aliphatic hydroxyl groups is 2. The lowest BCUT2D eigenvalue weighted by atomic mass is 9.84. The van der Waals surface area contributed by atoms with E-state index in [1.54, 1.807) is 12.2 Å². The van der Waals surface area contributed by atoms with Crippen molar-refractivity contribution in [2.75, 3.05) is 13.2 Å². The highest BCUT2D eigenvalue weighted by Gasteiger charge is 2.52. The number of aliphatic hydroxyl groups excluding tert-OH is 2. The van der Waals surface area contributed by atoms with Crippen molar-refractivity contribution in [3.63, 3.8) is 0 Å². The summed E-state index contributed by atoms with van der Waals surface area (Å²) in [5.41, 5.74) is 1.95. The highest BCUT2D eigenvalue weighted by Crippen LogP contribution is 2.31. The molecule has 0 radical (unpaired) electrons. The molecule has 2 aromatic rings. The first-order valence-electron chi connectivity index (χ1n) is 10.8. The van der Waals surface area contributed by atoms with Gasteiger partial charge in [-0.3, -0.25) is 0 Å². The maximum atomic E-state index is 10.9. The molecule has 6 heteroatoms. The molecule has 0 unspecified atom stereocenters. The van der Waals surface area contributed by atoms with Crippen molar-refractivity contribution in [1.82, 2.24) is 0 Å². The highest BCUT2D eigenvalue weighted by molar-refractivity contribution is 5.15. The van der Waals surface area contributed by atoms with Gasteiger partial charge in [0.1, 0.15) is 36.6 Å². The van der Waals surface area contributed by atoms with Gasteiger partial charge in [-0.05, 0) is 11.1 Å².